The molecule has 0 radical (unpaired) electrons. The smallest absolute Gasteiger partial charge is 0.254 e. The van der Waals surface area contributed by atoms with Gasteiger partial charge in [-0.2, -0.15) is 0 Å². The number of nitrogens with zero attached hydrogens (tertiary/aromatic N) is 3. The number of nitrogens with one attached hydrogen (secondary N) is 1. The second-order valence-electron chi connectivity index (χ2n) is 7.76. The fraction of sp³-hybridized carbons (Fsp3) is 0.333. The fourth-order valence-corrected chi connectivity index (χ4v) is 5.03. The number of benzene rings is 1. The van der Waals surface area contributed by atoms with Crippen LogP contribution in [0.4, 0.5) is 5.69 Å². The van der Waals surface area contributed by atoms with E-state index in [4.69, 9.17) is 0 Å². The number of aryl methyl sites for hydroxylation is 1. The van der Waals surface area contributed by atoms with Crippen molar-refractivity contribution in [2.45, 2.75) is 20.3 Å². The van der Waals surface area contributed by atoms with Crippen molar-refractivity contribution in [3.8, 4) is 5.00 Å². The Morgan fingerprint density at radius 3 is 2.32 bits per heavy atom. The van der Waals surface area contributed by atoms with Gasteiger partial charge in [0.15, 0.2) is 0 Å². The molecule has 1 aliphatic heterocycles. The van der Waals surface area contributed by atoms with Crippen molar-refractivity contribution in [3.05, 3.63) is 70.9 Å². The summed E-state index contributed by atoms with van der Waals surface area (Å²) in [6.07, 6.45) is 4.21. The summed E-state index contributed by atoms with van der Waals surface area (Å²) < 4.78 is 1.97. The van der Waals surface area contributed by atoms with Gasteiger partial charge in [-0.05, 0) is 43.7 Å². The third kappa shape index (κ3) is 4.66. The van der Waals surface area contributed by atoms with Crippen LogP contribution in [0.1, 0.15) is 27.2 Å². The van der Waals surface area contributed by atoms with Crippen LogP contribution >= 0.6 is 11.3 Å². The number of rotatable bonds is 6. The summed E-state index contributed by atoms with van der Waals surface area (Å²) in [4.78, 5) is 30.9. The SMILES string of the molecule is Cc1sc(-n2cccc2)c(C(=O)NCCC(=O)N2CCN(c3ccccc3)CC2)c1C. The van der Waals surface area contributed by atoms with Crippen LogP contribution in [0.25, 0.3) is 5.00 Å². The number of carbonyl (C=O) groups is 2. The summed E-state index contributed by atoms with van der Waals surface area (Å²) in [5.74, 6) is -0.0240. The normalized spacial score (nSPS) is 14.0. The Hall–Kier alpha value is -3.06. The molecule has 1 saturated heterocycles. The number of amides is 2. The minimum absolute atomic E-state index is 0.0943. The molecule has 31 heavy (non-hydrogen) atoms. The van der Waals surface area contributed by atoms with E-state index < -0.39 is 0 Å². The molecule has 4 rings (SSSR count). The number of piperazine rings is 1. The van der Waals surface area contributed by atoms with Crippen LogP contribution in [0.3, 0.4) is 0 Å². The van der Waals surface area contributed by atoms with Gasteiger partial charge in [-0.1, -0.05) is 18.2 Å². The first kappa shape index (κ1) is 21.2. The van der Waals surface area contributed by atoms with Gasteiger partial charge in [0.1, 0.15) is 5.00 Å². The summed E-state index contributed by atoms with van der Waals surface area (Å²) in [7, 11) is 0. The lowest BCUT2D eigenvalue weighted by molar-refractivity contribution is -0.131. The molecule has 1 N–H and O–H groups in total. The van der Waals surface area contributed by atoms with Crippen molar-refractivity contribution in [1.29, 1.82) is 0 Å². The highest BCUT2D eigenvalue weighted by atomic mass is 32.1. The Morgan fingerprint density at radius 1 is 0.968 bits per heavy atom. The van der Waals surface area contributed by atoms with E-state index in [1.807, 2.05) is 66.0 Å². The van der Waals surface area contributed by atoms with E-state index in [0.29, 0.717) is 31.6 Å². The molecule has 1 fully saturated rings. The van der Waals surface area contributed by atoms with E-state index in [1.165, 1.54) is 5.69 Å². The maximum atomic E-state index is 12.9. The molecule has 0 atom stereocenters. The molecule has 6 nitrogen and oxygen atoms in total. The van der Waals surface area contributed by atoms with E-state index in [0.717, 1.165) is 28.5 Å². The van der Waals surface area contributed by atoms with Gasteiger partial charge in [-0.3, -0.25) is 9.59 Å². The van der Waals surface area contributed by atoms with Gasteiger partial charge in [0.05, 0.1) is 5.56 Å². The van der Waals surface area contributed by atoms with Crippen LogP contribution in [0.5, 0.6) is 0 Å². The third-order valence-corrected chi connectivity index (χ3v) is 7.03. The van der Waals surface area contributed by atoms with Gasteiger partial charge in [0.2, 0.25) is 5.91 Å². The zero-order chi connectivity index (χ0) is 21.8. The van der Waals surface area contributed by atoms with Crippen LogP contribution in [0.2, 0.25) is 0 Å². The number of carbonyl (C=O) groups excluding carboxylic acids is 2. The van der Waals surface area contributed by atoms with E-state index in [1.54, 1.807) is 11.3 Å². The van der Waals surface area contributed by atoms with E-state index >= 15 is 0 Å². The Balaban J connectivity index is 1.29. The molecule has 3 heterocycles. The molecule has 3 aromatic rings. The van der Waals surface area contributed by atoms with Gasteiger partial charge < -0.3 is 19.7 Å². The highest BCUT2D eigenvalue weighted by Gasteiger charge is 2.23. The van der Waals surface area contributed by atoms with Gasteiger partial charge in [-0.25, -0.2) is 0 Å². The Kier molecular flexibility index (Phi) is 6.42. The van der Waals surface area contributed by atoms with Crippen molar-refractivity contribution in [3.63, 3.8) is 0 Å². The molecule has 7 heteroatoms. The molecular formula is C24H28N4O2S. The standard InChI is InChI=1S/C24H28N4O2S/c1-18-19(2)31-24(28-12-6-7-13-28)22(18)23(30)25-11-10-21(29)27-16-14-26(15-17-27)20-8-4-3-5-9-20/h3-9,12-13H,10-11,14-17H2,1-2H3,(H,25,30). The number of thiophene rings is 1. The molecule has 0 spiro atoms. The van der Waals surface area contributed by atoms with E-state index in [-0.39, 0.29) is 11.8 Å². The first-order valence-electron chi connectivity index (χ1n) is 10.6. The molecule has 0 unspecified atom stereocenters. The van der Waals surface area contributed by atoms with Gasteiger partial charge in [0.25, 0.3) is 5.91 Å². The molecule has 0 aliphatic carbocycles. The zero-order valence-electron chi connectivity index (χ0n) is 18.0. The van der Waals surface area contributed by atoms with Gasteiger partial charge in [-0.15, -0.1) is 11.3 Å². The summed E-state index contributed by atoms with van der Waals surface area (Å²) >= 11 is 1.61. The van der Waals surface area contributed by atoms with E-state index in [2.05, 4.69) is 22.3 Å². The number of hydrogen-bond donors (Lipinski definition) is 1. The van der Waals surface area contributed by atoms with E-state index in [9.17, 15) is 9.59 Å². The summed E-state index contributed by atoms with van der Waals surface area (Å²) in [6.45, 7) is 7.43. The topological polar surface area (TPSA) is 57.6 Å². The minimum atomic E-state index is -0.118. The summed E-state index contributed by atoms with van der Waals surface area (Å²) in [6, 6.07) is 14.2. The minimum Gasteiger partial charge on any atom is -0.368 e. The summed E-state index contributed by atoms with van der Waals surface area (Å²) in [5, 5.41) is 3.87. The molecule has 0 saturated carbocycles. The number of para-hydroxylation sites is 1. The van der Waals surface area contributed by atoms with Crippen LogP contribution in [-0.4, -0.2) is 54.0 Å². The first-order valence-corrected chi connectivity index (χ1v) is 11.5. The van der Waals surface area contributed by atoms with Crippen molar-refractivity contribution < 1.29 is 9.59 Å². The predicted octanol–water partition coefficient (Wildman–Crippen LogP) is 3.62. The van der Waals surface area contributed by atoms with Crippen molar-refractivity contribution in [1.82, 2.24) is 14.8 Å². The lowest BCUT2D eigenvalue weighted by Gasteiger charge is -2.36. The van der Waals surface area contributed by atoms with Gasteiger partial charge >= 0.3 is 0 Å². The van der Waals surface area contributed by atoms with Gasteiger partial charge in [0, 0.05) is 62.1 Å². The highest BCUT2D eigenvalue weighted by Crippen LogP contribution is 2.30. The maximum Gasteiger partial charge on any atom is 0.254 e. The lowest BCUT2D eigenvalue weighted by atomic mass is 10.1. The number of hydrogen-bond acceptors (Lipinski definition) is 4. The zero-order valence-corrected chi connectivity index (χ0v) is 18.8. The quantitative estimate of drug-likeness (QED) is 0.642. The highest BCUT2D eigenvalue weighted by molar-refractivity contribution is 7.15. The predicted molar refractivity (Wildman–Crippen MR) is 125 cm³/mol. The molecular weight excluding hydrogens is 408 g/mol. The lowest BCUT2D eigenvalue weighted by Crippen LogP contribution is -2.49. The molecule has 0 bridgehead atoms. The monoisotopic (exact) mass is 436 g/mol. The summed E-state index contributed by atoms with van der Waals surface area (Å²) in [5.41, 5.74) is 2.89. The number of aromatic nitrogens is 1. The Labute approximate surface area is 187 Å². The van der Waals surface area contributed by atoms with Crippen molar-refractivity contribution in [2.75, 3.05) is 37.6 Å². The Bertz CT molecular complexity index is 1040. The van der Waals surface area contributed by atoms with Crippen molar-refractivity contribution in [2.24, 2.45) is 0 Å². The molecule has 1 aromatic carbocycles. The van der Waals surface area contributed by atoms with Crippen LogP contribution in [-0.2, 0) is 4.79 Å². The number of anilines is 1. The van der Waals surface area contributed by atoms with Crippen LogP contribution < -0.4 is 10.2 Å². The average molecular weight is 437 g/mol. The second kappa shape index (κ2) is 9.39. The van der Waals surface area contributed by atoms with Crippen LogP contribution in [0, 0.1) is 13.8 Å². The molecule has 2 amide bonds. The second-order valence-corrected chi connectivity index (χ2v) is 8.97. The van der Waals surface area contributed by atoms with Crippen LogP contribution in [0.15, 0.2) is 54.9 Å². The molecule has 162 valence electrons. The average Bonchev–Trinajstić information content (AvgIpc) is 3.43. The largest absolute Gasteiger partial charge is 0.368 e. The third-order valence-electron chi connectivity index (χ3n) is 5.81. The maximum absolute atomic E-state index is 12.9. The molecule has 1 aliphatic rings. The Morgan fingerprint density at radius 2 is 1.65 bits per heavy atom. The fourth-order valence-electron chi connectivity index (χ4n) is 3.91. The first-order chi connectivity index (χ1) is 15.0. The van der Waals surface area contributed by atoms with Crippen molar-refractivity contribution >= 4 is 28.8 Å². The molecule has 2 aromatic heterocycles.